The summed E-state index contributed by atoms with van der Waals surface area (Å²) in [6.07, 6.45) is 0. The number of fused-ring (bicyclic) bond motifs is 1. The van der Waals surface area contributed by atoms with E-state index in [0.29, 0.717) is 17.1 Å². The van der Waals surface area contributed by atoms with Crippen molar-refractivity contribution in [2.75, 3.05) is 7.11 Å². The number of aryl methyl sites for hydroxylation is 1. The Morgan fingerprint density at radius 2 is 2.12 bits per heavy atom. The quantitative estimate of drug-likeness (QED) is 0.834. The molecule has 2 aromatic rings. The fourth-order valence-electron chi connectivity index (χ4n) is 2.94. The molecule has 6 nitrogen and oxygen atoms in total. The van der Waals surface area contributed by atoms with E-state index in [9.17, 15) is 10.1 Å². The van der Waals surface area contributed by atoms with E-state index >= 15 is 0 Å². The molecule has 0 aliphatic carbocycles. The second-order valence-corrected chi connectivity index (χ2v) is 6.60. The number of ether oxygens (including phenoxy) is 2. The number of pyridine rings is 1. The number of halogens is 1. The summed E-state index contributed by atoms with van der Waals surface area (Å²) in [4.78, 5) is 12.9. The third kappa shape index (κ3) is 2.68. The number of allylic oxidation sites excluding steroid dienone is 1. The van der Waals surface area contributed by atoms with Crippen molar-refractivity contribution < 1.29 is 9.47 Å². The average Bonchev–Trinajstić information content (AvgIpc) is 2.58. The van der Waals surface area contributed by atoms with E-state index in [4.69, 9.17) is 15.2 Å². The Kier molecular flexibility index (Phi) is 4.31. The standard InChI is InChI=1S/C18H16BrN3O3/c1-9-6-14-16(18(23)22(9)2)15(11(8-20)17(21)25-14)10-4-5-13(24-3)12(19)7-10/h4-7,15H,21H2,1-3H3/t15-/m1/s1. The summed E-state index contributed by atoms with van der Waals surface area (Å²) in [7, 11) is 3.26. The Morgan fingerprint density at radius 1 is 1.40 bits per heavy atom. The van der Waals surface area contributed by atoms with Gasteiger partial charge in [0.1, 0.15) is 23.1 Å². The molecule has 3 rings (SSSR count). The maximum absolute atomic E-state index is 12.9. The van der Waals surface area contributed by atoms with Crippen molar-refractivity contribution in [3.8, 4) is 17.6 Å². The summed E-state index contributed by atoms with van der Waals surface area (Å²) >= 11 is 3.45. The molecule has 25 heavy (non-hydrogen) atoms. The zero-order chi connectivity index (χ0) is 18.3. The highest BCUT2D eigenvalue weighted by atomic mass is 79.9. The fourth-order valence-corrected chi connectivity index (χ4v) is 3.49. The van der Waals surface area contributed by atoms with Gasteiger partial charge in [-0.2, -0.15) is 5.26 Å². The van der Waals surface area contributed by atoms with Crippen LogP contribution in [0.25, 0.3) is 0 Å². The minimum absolute atomic E-state index is 0.0135. The molecule has 0 spiro atoms. The van der Waals surface area contributed by atoms with Gasteiger partial charge < -0.3 is 19.8 Å². The number of aromatic nitrogens is 1. The molecule has 0 amide bonds. The zero-order valence-corrected chi connectivity index (χ0v) is 15.5. The molecule has 1 aromatic carbocycles. The van der Waals surface area contributed by atoms with E-state index in [1.54, 1.807) is 26.3 Å². The van der Waals surface area contributed by atoms with E-state index in [-0.39, 0.29) is 17.0 Å². The van der Waals surface area contributed by atoms with Crippen LogP contribution in [-0.4, -0.2) is 11.7 Å². The van der Waals surface area contributed by atoms with E-state index in [1.807, 2.05) is 19.1 Å². The first-order chi connectivity index (χ1) is 11.9. The third-order valence-electron chi connectivity index (χ3n) is 4.36. The summed E-state index contributed by atoms with van der Waals surface area (Å²) in [6.45, 7) is 1.81. The Balaban J connectivity index is 2.32. The molecule has 2 heterocycles. The summed E-state index contributed by atoms with van der Waals surface area (Å²) in [5, 5.41) is 9.59. The van der Waals surface area contributed by atoms with Crippen molar-refractivity contribution in [2.45, 2.75) is 12.8 Å². The molecular formula is C18H16BrN3O3. The lowest BCUT2D eigenvalue weighted by atomic mass is 9.84. The summed E-state index contributed by atoms with van der Waals surface area (Å²) in [5.41, 5.74) is 7.84. The van der Waals surface area contributed by atoms with Crippen LogP contribution in [0.1, 0.15) is 22.7 Å². The first kappa shape index (κ1) is 17.1. The predicted molar refractivity (Wildman–Crippen MR) is 96.4 cm³/mol. The number of benzene rings is 1. The van der Waals surface area contributed by atoms with Crippen LogP contribution in [0.4, 0.5) is 0 Å². The van der Waals surface area contributed by atoms with Crippen LogP contribution in [-0.2, 0) is 7.05 Å². The van der Waals surface area contributed by atoms with Crippen molar-refractivity contribution in [1.29, 1.82) is 5.26 Å². The van der Waals surface area contributed by atoms with Crippen molar-refractivity contribution >= 4 is 15.9 Å². The highest BCUT2D eigenvalue weighted by molar-refractivity contribution is 9.10. The van der Waals surface area contributed by atoms with E-state index in [2.05, 4.69) is 22.0 Å². The second-order valence-electron chi connectivity index (χ2n) is 5.75. The van der Waals surface area contributed by atoms with Gasteiger partial charge in [-0.05, 0) is 40.5 Å². The van der Waals surface area contributed by atoms with Gasteiger partial charge in [-0.3, -0.25) is 4.79 Å². The molecule has 0 bridgehead atoms. The molecule has 0 saturated carbocycles. The van der Waals surface area contributed by atoms with Crippen LogP contribution in [0.3, 0.4) is 0 Å². The van der Waals surface area contributed by atoms with Gasteiger partial charge in [0.05, 0.1) is 23.1 Å². The first-order valence-corrected chi connectivity index (χ1v) is 8.29. The largest absolute Gasteiger partial charge is 0.496 e. The van der Waals surface area contributed by atoms with Crippen LogP contribution in [0.2, 0.25) is 0 Å². The second kappa shape index (κ2) is 6.30. The molecule has 0 fully saturated rings. The first-order valence-electron chi connectivity index (χ1n) is 7.50. The number of nitriles is 1. The van der Waals surface area contributed by atoms with E-state index in [1.165, 1.54) is 4.57 Å². The Bertz CT molecular complexity index is 1000. The molecule has 0 saturated heterocycles. The number of hydrogen-bond acceptors (Lipinski definition) is 5. The molecule has 1 aliphatic heterocycles. The lowest BCUT2D eigenvalue weighted by Crippen LogP contribution is -2.31. The third-order valence-corrected chi connectivity index (χ3v) is 4.98. The molecule has 0 radical (unpaired) electrons. The van der Waals surface area contributed by atoms with Crippen molar-refractivity contribution in [3.05, 3.63) is 67.4 Å². The topological polar surface area (TPSA) is 90.3 Å². The van der Waals surface area contributed by atoms with Crippen LogP contribution in [0.15, 0.2) is 45.0 Å². The smallest absolute Gasteiger partial charge is 0.258 e. The predicted octanol–water partition coefficient (Wildman–Crippen LogP) is 2.68. The summed E-state index contributed by atoms with van der Waals surface area (Å²) < 4.78 is 13.1. The van der Waals surface area contributed by atoms with Gasteiger partial charge in [0.2, 0.25) is 5.88 Å². The van der Waals surface area contributed by atoms with Crippen LogP contribution in [0, 0.1) is 18.3 Å². The number of hydrogen-bond donors (Lipinski definition) is 1. The van der Waals surface area contributed by atoms with Crippen molar-refractivity contribution in [3.63, 3.8) is 0 Å². The van der Waals surface area contributed by atoms with Crippen molar-refractivity contribution in [1.82, 2.24) is 4.57 Å². The highest BCUT2D eigenvalue weighted by Gasteiger charge is 2.34. The Morgan fingerprint density at radius 3 is 2.72 bits per heavy atom. The molecule has 1 atom stereocenters. The maximum atomic E-state index is 12.9. The number of nitrogens with two attached hydrogens (primary N) is 1. The molecular weight excluding hydrogens is 386 g/mol. The minimum Gasteiger partial charge on any atom is -0.496 e. The van der Waals surface area contributed by atoms with Crippen LogP contribution >= 0.6 is 15.9 Å². The molecule has 1 aromatic heterocycles. The molecule has 7 heteroatoms. The Hall–Kier alpha value is -2.72. The minimum atomic E-state index is -0.602. The highest BCUT2D eigenvalue weighted by Crippen LogP contribution is 2.42. The summed E-state index contributed by atoms with van der Waals surface area (Å²) in [5.74, 6) is 0.451. The molecule has 1 aliphatic rings. The fraction of sp³-hybridized carbons (Fsp3) is 0.222. The normalized spacial score (nSPS) is 16.0. The van der Waals surface area contributed by atoms with Gasteiger partial charge in [-0.1, -0.05) is 6.07 Å². The van der Waals surface area contributed by atoms with Crippen LogP contribution in [0.5, 0.6) is 11.5 Å². The molecule has 2 N–H and O–H groups in total. The maximum Gasteiger partial charge on any atom is 0.258 e. The summed E-state index contributed by atoms with van der Waals surface area (Å²) in [6, 6.07) is 9.25. The van der Waals surface area contributed by atoms with Gasteiger partial charge in [0, 0.05) is 18.8 Å². The molecule has 0 unspecified atom stereocenters. The van der Waals surface area contributed by atoms with Crippen LogP contribution < -0.4 is 20.8 Å². The monoisotopic (exact) mass is 401 g/mol. The lowest BCUT2D eigenvalue weighted by Gasteiger charge is -2.27. The number of methoxy groups -OCH3 is 1. The van der Waals surface area contributed by atoms with Crippen molar-refractivity contribution in [2.24, 2.45) is 12.8 Å². The number of nitrogens with zero attached hydrogens (tertiary/aromatic N) is 2. The van der Waals surface area contributed by atoms with Gasteiger partial charge >= 0.3 is 0 Å². The van der Waals surface area contributed by atoms with Gasteiger partial charge in [-0.25, -0.2) is 0 Å². The Labute approximate surface area is 153 Å². The van der Waals surface area contributed by atoms with Gasteiger partial charge in [0.25, 0.3) is 5.56 Å². The SMILES string of the molecule is COc1ccc([C@@H]2C(C#N)=C(N)Oc3cc(C)n(C)c(=O)c32)cc1Br. The van der Waals surface area contributed by atoms with E-state index in [0.717, 1.165) is 15.7 Å². The average molecular weight is 402 g/mol. The zero-order valence-electron chi connectivity index (χ0n) is 14.0. The van der Waals surface area contributed by atoms with Gasteiger partial charge in [0.15, 0.2) is 0 Å². The van der Waals surface area contributed by atoms with E-state index < -0.39 is 5.92 Å². The van der Waals surface area contributed by atoms with Gasteiger partial charge in [-0.15, -0.1) is 0 Å². The number of rotatable bonds is 2. The lowest BCUT2D eigenvalue weighted by molar-refractivity contribution is 0.389. The molecule has 128 valence electrons.